The van der Waals surface area contributed by atoms with E-state index in [2.05, 4.69) is 14.6 Å². The van der Waals surface area contributed by atoms with Gasteiger partial charge in [0.25, 0.3) is 10.0 Å². The van der Waals surface area contributed by atoms with Gasteiger partial charge in [-0.1, -0.05) is 12.8 Å². The van der Waals surface area contributed by atoms with Crippen LogP contribution in [0, 0.1) is 5.92 Å². The van der Waals surface area contributed by atoms with Crippen molar-refractivity contribution in [2.75, 3.05) is 18.4 Å². The quantitative estimate of drug-likeness (QED) is 0.659. The van der Waals surface area contributed by atoms with Crippen molar-refractivity contribution < 1.29 is 13.2 Å². The molecule has 1 aromatic carbocycles. The average Bonchev–Trinajstić information content (AvgIpc) is 3.26. The minimum absolute atomic E-state index is 0.163. The van der Waals surface area contributed by atoms with Crippen LogP contribution in [-0.4, -0.2) is 38.2 Å². The van der Waals surface area contributed by atoms with E-state index in [1.54, 1.807) is 12.1 Å². The third-order valence-electron chi connectivity index (χ3n) is 4.84. The van der Waals surface area contributed by atoms with Crippen LogP contribution in [0.3, 0.4) is 0 Å². The molecule has 1 aliphatic carbocycles. The predicted octanol–water partition coefficient (Wildman–Crippen LogP) is 3.02. The highest BCUT2D eigenvalue weighted by Gasteiger charge is 2.29. The first-order chi connectivity index (χ1) is 12.0. The van der Waals surface area contributed by atoms with Gasteiger partial charge in [0.2, 0.25) is 5.91 Å². The third-order valence-corrected chi connectivity index (χ3v) is 6.13. The standard InChI is InChI=1S/C18H25N3O3S/c1-14(22)19-16-8-10-17(11-9-16)25(23,24)20-18(15-6-2-3-7-15)21-12-4-5-13-21/h8-11,15H,2-7,12-13H2,1H3,(H,19,22)/b20-18+. The summed E-state index contributed by atoms with van der Waals surface area (Å²) in [4.78, 5) is 13.4. The van der Waals surface area contributed by atoms with E-state index >= 15 is 0 Å². The first-order valence-electron chi connectivity index (χ1n) is 8.93. The molecule has 1 saturated heterocycles. The molecular formula is C18H25N3O3S. The number of carbonyl (C=O) groups excluding carboxylic acids is 1. The van der Waals surface area contributed by atoms with Crippen molar-refractivity contribution in [2.45, 2.75) is 50.3 Å². The second-order valence-corrected chi connectivity index (χ2v) is 8.41. The molecule has 1 heterocycles. The lowest BCUT2D eigenvalue weighted by molar-refractivity contribution is -0.114. The Hall–Kier alpha value is -1.89. The SMILES string of the molecule is CC(=O)Nc1ccc(S(=O)(=O)/N=C(\C2CCCC2)N2CCCC2)cc1. The van der Waals surface area contributed by atoms with E-state index in [1.165, 1.54) is 19.1 Å². The van der Waals surface area contributed by atoms with Crippen molar-refractivity contribution in [2.24, 2.45) is 10.3 Å². The zero-order valence-electron chi connectivity index (χ0n) is 14.6. The highest BCUT2D eigenvalue weighted by molar-refractivity contribution is 7.90. The van der Waals surface area contributed by atoms with Crippen LogP contribution < -0.4 is 5.32 Å². The van der Waals surface area contributed by atoms with Crippen LogP contribution in [0.25, 0.3) is 0 Å². The number of carbonyl (C=O) groups is 1. The largest absolute Gasteiger partial charge is 0.359 e. The van der Waals surface area contributed by atoms with Gasteiger partial charge < -0.3 is 10.2 Å². The number of amides is 1. The molecule has 0 radical (unpaired) electrons. The van der Waals surface area contributed by atoms with Gasteiger partial charge in [-0.25, -0.2) is 0 Å². The van der Waals surface area contributed by atoms with Crippen molar-refractivity contribution in [3.63, 3.8) is 0 Å². The second kappa shape index (κ2) is 7.56. The van der Waals surface area contributed by atoms with Gasteiger partial charge in [-0.3, -0.25) is 4.79 Å². The average molecular weight is 363 g/mol. The lowest BCUT2D eigenvalue weighted by Gasteiger charge is -2.24. The molecule has 7 heteroatoms. The zero-order chi connectivity index (χ0) is 17.9. The van der Waals surface area contributed by atoms with E-state index in [1.807, 2.05) is 0 Å². The molecule has 1 saturated carbocycles. The van der Waals surface area contributed by atoms with Crippen LogP contribution in [0.2, 0.25) is 0 Å². The summed E-state index contributed by atoms with van der Waals surface area (Å²) in [5.74, 6) is 0.818. The first-order valence-corrected chi connectivity index (χ1v) is 10.4. The van der Waals surface area contributed by atoms with Crippen molar-refractivity contribution >= 4 is 27.5 Å². The fourth-order valence-electron chi connectivity index (χ4n) is 3.61. The molecule has 3 rings (SSSR count). The van der Waals surface area contributed by atoms with E-state index in [4.69, 9.17) is 0 Å². The van der Waals surface area contributed by atoms with Gasteiger partial charge in [-0.15, -0.1) is 4.40 Å². The molecule has 136 valence electrons. The molecule has 6 nitrogen and oxygen atoms in total. The Bertz CT molecular complexity index is 726. The molecule has 25 heavy (non-hydrogen) atoms. The molecule has 0 unspecified atom stereocenters. The zero-order valence-corrected chi connectivity index (χ0v) is 15.4. The van der Waals surface area contributed by atoms with E-state index in [0.29, 0.717) is 5.69 Å². The normalized spacial score (nSPS) is 19.4. The monoisotopic (exact) mass is 363 g/mol. The maximum atomic E-state index is 12.8. The van der Waals surface area contributed by atoms with Gasteiger partial charge in [-0.05, 0) is 49.9 Å². The number of sulfonamides is 1. The van der Waals surface area contributed by atoms with Gasteiger partial charge in [0, 0.05) is 31.6 Å². The van der Waals surface area contributed by atoms with Crippen LogP contribution in [0.15, 0.2) is 33.6 Å². The Labute approximate surface area is 149 Å². The Morgan fingerprint density at radius 2 is 1.68 bits per heavy atom. The number of nitrogens with zero attached hydrogens (tertiary/aromatic N) is 2. The van der Waals surface area contributed by atoms with E-state index < -0.39 is 10.0 Å². The fraction of sp³-hybridized carbons (Fsp3) is 0.556. The van der Waals surface area contributed by atoms with Crippen LogP contribution in [0.5, 0.6) is 0 Å². The Kier molecular flexibility index (Phi) is 5.42. The smallest absolute Gasteiger partial charge is 0.283 e. The summed E-state index contributed by atoms with van der Waals surface area (Å²) in [5.41, 5.74) is 0.575. The molecule has 1 amide bonds. The van der Waals surface area contributed by atoms with E-state index in [9.17, 15) is 13.2 Å². The highest BCUT2D eigenvalue weighted by atomic mass is 32.2. The van der Waals surface area contributed by atoms with Gasteiger partial charge in [0.15, 0.2) is 0 Å². The molecule has 0 bridgehead atoms. The fourth-order valence-corrected chi connectivity index (χ4v) is 4.71. The molecule has 0 aromatic heterocycles. The number of hydrogen-bond donors (Lipinski definition) is 1. The number of anilines is 1. The molecule has 1 N–H and O–H groups in total. The summed E-state index contributed by atoms with van der Waals surface area (Å²) in [7, 11) is -3.75. The van der Waals surface area contributed by atoms with Crippen molar-refractivity contribution in [1.82, 2.24) is 4.90 Å². The van der Waals surface area contributed by atoms with Gasteiger partial charge in [0.1, 0.15) is 5.84 Å². The molecule has 0 spiro atoms. The van der Waals surface area contributed by atoms with E-state index in [0.717, 1.165) is 57.5 Å². The maximum absolute atomic E-state index is 12.8. The molecule has 1 aromatic rings. The minimum atomic E-state index is -3.75. The number of likely N-dealkylation sites (tertiary alicyclic amines) is 1. The van der Waals surface area contributed by atoms with Crippen molar-refractivity contribution in [3.05, 3.63) is 24.3 Å². The molecule has 2 fully saturated rings. The van der Waals surface area contributed by atoms with Crippen LogP contribution in [0.1, 0.15) is 45.4 Å². The number of nitrogens with one attached hydrogen (secondary N) is 1. The molecular weight excluding hydrogens is 338 g/mol. The van der Waals surface area contributed by atoms with Gasteiger partial charge in [0.05, 0.1) is 4.90 Å². The van der Waals surface area contributed by atoms with Crippen molar-refractivity contribution in [1.29, 1.82) is 0 Å². The summed E-state index contributed by atoms with van der Waals surface area (Å²) in [6, 6.07) is 6.19. The second-order valence-electron chi connectivity index (χ2n) is 6.81. The third kappa shape index (κ3) is 4.39. The topological polar surface area (TPSA) is 78.8 Å². The Morgan fingerprint density at radius 1 is 1.08 bits per heavy atom. The number of amidine groups is 1. The van der Waals surface area contributed by atoms with Gasteiger partial charge >= 0.3 is 0 Å². The summed E-state index contributed by atoms with van der Waals surface area (Å²) >= 11 is 0. The summed E-state index contributed by atoms with van der Waals surface area (Å²) in [6.07, 6.45) is 6.51. The predicted molar refractivity (Wildman–Crippen MR) is 98.1 cm³/mol. The highest BCUT2D eigenvalue weighted by Crippen LogP contribution is 2.30. The number of rotatable bonds is 4. The number of hydrogen-bond acceptors (Lipinski definition) is 3. The molecule has 1 aliphatic heterocycles. The van der Waals surface area contributed by atoms with Gasteiger partial charge in [-0.2, -0.15) is 8.42 Å². The van der Waals surface area contributed by atoms with Crippen LogP contribution in [0.4, 0.5) is 5.69 Å². The Morgan fingerprint density at radius 3 is 2.24 bits per heavy atom. The maximum Gasteiger partial charge on any atom is 0.283 e. The van der Waals surface area contributed by atoms with Crippen molar-refractivity contribution in [3.8, 4) is 0 Å². The summed E-state index contributed by atoms with van der Waals surface area (Å²) in [6.45, 7) is 3.21. The lowest BCUT2D eigenvalue weighted by atomic mass is 10.1. The Balaban J connectivity index is 1.87. The minimum Gasteiger partial charge on any atom is -0.359 e. The lowest BCUT2D eigenvalue weighted by Crippen LogP contribution is -2.34. The molecule has 2 aliphatic rings. The van der Waals surface area contributed by atoms with Crippen LogP contribution >= 0.6 is 0 Å². The molecule has 0 atom stereocenters. The first kappa shape index (κ1) is 17.9. The number of benzene rings is 1. The summed E-state index contributed by atoms with van der Waals surface area (Å²) in [5, 5.41) is 2.64. The van der Waals surface area contributed by atoms with E-state index in [-0.39, 0.29) is 16.7 Å². The summed E-state index contributed by atoms with van der Waals surface area (Å²) < 4.78 is 29.8. The van der Waals surface area contributed by atoms with Crippen LogP contribution in [-0.2, 0) is 14.8 Å².